The first-order chi connectivity index (χ1) is 26.2. The van der Waals surface area contributed by atoms with Crippen LogP contribution in [0.1, 0.15) is 64.4 Å². The van der Waals surface area contributed by atoms with Crippen molar-refractivity contribution in [1.29, 1.82) is 0 Å². The maximum Gasteiger partial charge on any atom is 0.419 e. The number of hydrogen-bond acceptors (Lipinski definition) is 6. The van der Waals surface area contributed by atoms with Crippen LogP contribution in [0.25, 0.3) is 27.5 Å². The summed E-state index contributed by atoms with van der Waals surface area (Å²) in [6, 6.07) is 37.2. The van der Waals surface area contributed by atoms with Crippen LogP contribution in [0.15, 0.2) is 139 Å². The topological polar surface area (TPSA) is 99.8 Å². The van der Waals surface area contributed by atoms with Gasteiger partial charge >= 0.3 is 12.2 Å². The Morgan fingerprint density at radius 3 is 1.76 bits per heavy atom. The minimum atomic E-state index is -1.58. The van der Waals surface area contributed by atoms with Gasteiger partial charge in [0.25, 0.3) is 0 Å². The molecule has 9 heteroatoms. The lowest BCUT2D eigenvalue weighted by atomic mass is 9.67. The second-order valence-corrected chi connectivity index (χ2v) is 16.0. The van der Waals surface area contributed by atoms with E-state index in [1.807, 2.05) is 121 Å². The zero-order valence-corrected chi connectivity index (χ0v) is 31.6. The molecule has 8 rings (SSSR count). The number of anilines is 1. The smallest absolute Gasteiger partial charge is 0.419 e. The lowest BCUT2D eigenvalue weighted by Gasteiger charge is -2.35. The van der Waals surface area contributed by atoms with Gasteiger partial charge in [-0.25, -0.2) is 18.7 Å². The lowest BCUT2D eigenvalue weighted by Crippen LogP contribution is -2.45. The van der Waals surface area contributed by atoms with Crippen molar-refractivity contribution >= 4 is 57.6 Å². The van der Waals surface area contributed by atoms with Crippen LogP contribution in [0.2, 0.25) is 0 Å². The highest BCUT2D eigenvalue weighted by Crippen LogP contribution is 2.62. The van der Waals surface area contributed by atoms with E-state index in [0.717, 1.165) is 17.1 Å². The van der Waals surface area contributed by atoms with E-state index in [1.54, 1.807) is 52.5 Å². The maximum absolute atomic E-state index is 16.1. The molecule has 9 nitrogen and oxygen atoms in total. The Kier molecular flexibility index (Phi) is 8.29. The molecule has 1 amide bonds. The number of carbonyl (C=O) groups is 4. The quantitative estimate of drug-likeness (QED) is 0.164. The van der Waals surface area contributed by atoms with E-state index in [1.165, 1.54) is 9.13 Å². The molecule has 2 aromatic heterocycles. The minimum Gasteiger partial charge on any atom is -0.443 e. The fourth-order valence-electron chi connectivity index (χ4n) is 8.11. The van der Waals surface area contributed by atoms with Gasteiger partial charge in [0.15, 0.2) is 0 Å². The number of amides is 1. The zero-order chi connectivity index (χ0) is 38.9. The first kappa shape index (κ1) is 35.5. The van der Waals surface area contributed by atoms with Crippen LogP contribution >= 0.6 is 0 Å². The first-order valence-electron chi connectivity index (χ1n) is 18.3. The standard InChI is InChI=1S/C46H41N3O6/c1-44(2,3)54-42(52)48-35-23-15-13-17-29(35)26-37(48)39-31(28-50)25-34-40(38-27-30-18-14-16-24-36(30)49(38)43(53)55-45(4,5)6)47(33-21-11-8-12-22-33)41(51)46(34,39)32-19-9-7-10-20-32/h7-28,39H,1-6H3/t39-,46-/m0/s1. The molecule has 55 heavy (non-hydrogen) atoms. The van der Waals surface area contributed by atoms with Gasteiger partial charge in [0, 0.05) is 27.7 Å². The van der Waals surface area contributed by atoms with Gasteiger partial charge in [0.2, 0.25) is 5.91 Å². The molecule has 0 N–H and O–H groups in total. The molecule has 6 aromatic rings. The van der Waals surface area contributed by atoms with Crippen LogP contribution in [0, 0.1) is 0 Å². The number of para-hydroxylation sites is 3. The SMILES string of the molecule is CC(C)(C)OC(=O)n1c(C2=C3C=C(C=O)[C@@H](c4cc5ccccc5n4C(=O)OC(C)(C)C)[C@@]3(c3ccccc3)C(=O)N2c2ccccc2)cc2ccccc21. The summed E-state index contributed by atoms with van der Waals surface area (Å²) in [5.74, 6) is -1.34. The second-order valence-electron chi connectivity index (χ2n) is 16.0. The molecule has 276 valence electrons. The Bertz CT molecular complexity index is 2600. The third-order valence-corrected chi connectivity index (χ3v) is 10.0. The number of allylic oxidation sites excluding steroid dienone is 2. The largest absolute Gasteiger partial charge is 0.443 e. The summed E-state index contributed by atoms with van der Waals surface area (Å²) in [4.78, 5) is 59.8. The number of benzene rings is 4. The average molecular weight is 732 g/mol. The van der Waals surface area contributed by atoms with E-state index >= 15 is 4.79 Å². The fourth-order valence-corrected chi connectivity index (χ4v) is 8.11. The van der Waals surface area contributed by atoms with Crippen LogP contribution in [0.4, 0.5) is 15.3 Å². The normalized spacial score (nSPS) is 18.5. The number of nitrogens with zero attached hydrogens (tertiary/aromatic N) is 3. The van der Waals surface area contributed by atoms with E-state index in [0.29, 0.717) is 50.5 Å². The van der Waals surface area contributed by atoms with E-state index in [2.05, 4.69) is 0 Å². The summed E-state index contributed by atoms with van der Waals surface area (Å²) < 4.78 is 15.0. The molecule has 0 bridgehead atoms. The molecule has 1 aliphatic carbocycles. The molecule has 0 unspecified atom stereocenters. The van der Waals surface area contributed by atoms with Crippen LogP contribution in [-0.4, -0.2) is 44.7 Å². The monoisotopic (exact) mass is 731 g/mol. The second kappa shape index (κ2) is 12.8. The van der Waals surface area contributed by atoms with Gasteiger partial charge < -0.3 is 9.47 Å². The highest BCUT2D eigenvalue weighted by atomic mass is 16.6. The zero-order valence-electron chi connectivity index (χ0n) is 31.6. The predicted octanol–water partition coefficient (Wildman–Crippen LogP) is 9.78. The summed E-state index contributed by atoms with van der Waals surface area (Å²) in [6.07, 6.45) is 1.27. The van der Waals surface area contributed by atoms with Crippen molar-refractivity contribution in [1.82, 2.24) is 9.13 Å². The number of hydrogen-bond donors (Lipinski definition) is 0. The fraction of sp³-hybridized carbons (Fsp3) is 0.217. The predicted molar refractivity (Wildman–Crippen MR) is 213 cm³/mol. The molecular formula is C46H41N3O6. The molecule has 0 spiro atoms. The van der Waals surface area contributed by atoms with Gasteiger partial charge in [0.1, 0.15) is 22.9 Å². The molecule has 3 heterocycles. The molecule has 0 saturated carbocycles. The van der Waals surface area contributed by atoms with Crippen molar-refractivity contribution in [2.45, 2.75) is 64.1 Å². The van der Waals surface area contributed by atoms with Gasteiger partial charge in [-0.2, -0.15) is 0 Å². The van der Waals surface area contributed by atoms with Crippen LogP contribution < -0.4 is 4.90 Å². The van der Waals surface area contributed by atoms with Crippen LogP contribution in [-0.2, 0) is 24.5 Å². The van der Waals surface area contributed by atoms with Crippen molar-refractivity contribution in [3.05, 3.63) is 156 Å². The number of aldehydes is 1. The Morgan fingerprint density at radius 1 is 0.673 bits per heavy atom. The molecule has 0 radical (unpaired) electrons. The number of ether oxygens (including phenoxy) is 2. The summed E-state index contributed by atoms with van der Waals surface area (Å²) in [5, 5.41) is 1.50. The number of carbonyl (C=O) groups excluding carboxylic acids is 4. The van der Waals surface area contributed by atoms with E-state index in [-0.39, 0.29) is 5.91 Å². The van der Waals surface area contributed by atoms with Crippen LogP contribution in [0.5, 0.6) is 0 Å². The van der Waals surface area contributed by atoms with Gasteiger partial charge in [-0.3, -0.25) is 14.5 Å². The Balaban J connectivity index is 1.51. The number of aromatic nitrogens is 2. The van der Waals surface area contributed by atoms with Crippen molar-refractivity contribution in [2.24, 2.45) is 0 Å². The van der Waals surface area contributed by atoms with Gasteiger partial charge in [-0.05, 0) is 95.2 Å². The number of rotatable bonds is 5. The van der Waals surface area contributed by atoms with Crippen molar-refractivity contribution in [3.8, 4) is 0 Å². The van der Waals surface area contributed by atoms with Crippen molar-refractivity contribution < 1.29 is 28.7 Å². The Morgan fingerprint density at radius 2 is 1.18 bits per heavy atom. The van der Waals surface area contributed by atoms with E-state index in [9.17, 15) is 14.4 Å². The average Bonchev–Trinajstić information content (AvgIpc) is 3.87. The molecule has 0 saturated heterocycles. The highest BCUT2D eigenvalue weighted by molar-refractivity contribution is 6.22. The molecule has 0 fully saturated rings. The van der Waals surface area contributed by atoms with Gasteiger partial charge in [-0.1, -0.05) is 84.9 Å². The highest BCUT2D eigenvalue weighted by Gasteiger charge is 2.63. The minimum absolute atomic E-state index is 0.296. The van der Waals surface area contributed by atoms with E-state index < -0.39 is 34.7 Å². The summed E-state index contributed by atoms with van der Waals surface area (Å²) in [7, 11) is 0. The van der Waals surface area contributed by atoms with Crippen molar-refractivity contribution in [3.63, 3.8) is 0 Å². The van der Waals surface area contributed by atoms with Crippen LogP contribution in [0.3, 0.4) is 0 Å². The summed E-state index contributed by atoms with van der Waals surface area (Å²) in [6.45, 7) is 10.8. The number of fused-ring (bicyclic) bond motifs is 3. The van der Waals surface area contributed by atoms with Gasteiger partial charge in [0.05, 0.1) is 28.3 Å². The molecule has 4 aromatic carbocycles. The molecule has 2 atom stereocenters. The molecular weight excluding hydrogens is 691 g/mol. The summed E-state index contributed by atoms with van der Waals surface area (Å²) in [5.41, 5.74) is 1.17. The molecule has 1 aliphatic heterocycles. The molecule has 2 aliphatic rings. The lowest BCUT2D eigenvalue weighted by molar-refractivity contribution is -0.121. The maximum atomic E-state index is 16.1. The summed E-state index contributed by atoms with van der Waals surface area (Å²) >= 11 is 0. The van der Waals surface area contributed by atoms with Crippen molar-refractivity contribution in [2.75, 3.05) is 4.90 Å². The van der Waals surface area contributed by atoms with Gasteiger partial charge in [-0.15, -0.1) is 0 Å². The Hall–Kier alpha value is -6.48. The Labute approximate surface area is 319 Å². The third kappa shape index (κ3) is 5.69. The first-order valence-corrected chi connectivity index (χ1v) is 18.3. The van der Waals surface area contributed by atoms with E-state index in [4.69, 9.17) is 9.47 Å². The third-order valence-electron chi connectivity index (χ3n) is 10.0.